The molecule has 2 fully saturated rings. The van der Waals surface area contributed by atoms with Crippen LogP contribution in [0.2, 0.25) is 0 Å². The van der Waals surface area contributed by atoms with Crippen molar-refractivity contribution < 1.29 is 0 Å². The van der Waals surface area contributed by atoms with Crippen LogP contribution in [0.5, 0.6) is 0 Å². The second-order valence-electron chi connectivity index (χ2n) is 4.03. The van der Waals surface area contributed by atoms with Gasteiger partial charge in [-0.15, -0.1) is 0 Å². The Balaban J connectivity index is 0.000000396. The first-order valence-electron chi connectivity index (χ1n) is 5.75. The zero-order valence-corrected chi connectivity index (χ0v) is 9.40. The summed E-state index contributed by atoms with van der Waals surface area (Å²) in [4.78, 5) is 2.57. The van der Waals surface area contributed by atoms with E-state index in [-0.39, 0.29) is 0 Å². The van der Waals surface area contributed by atoms with E-state index in [2.05, 4.69) is 17.3 Å². The monoisotopic (exact) mass is 184 g/mol. The maximum Gasteiger partial charge on any atom is 0.0331 e. The van der Waals surface area contributed by atoms with Crippen molar-refractivity contribution >= 4 is 0 Å². The van der Waals surface area contributed by atoms with Crippen molar-refractivity contribution in [2.45, 2.75) is 45.1 Å². The third kappa shape index (κ3) is 2.23. The normalized spacial score (nSPS) is 27.0. The van der Waals surface area contributed by atoms with Crippen LogP contribution in [0.1, 0.15) is 39.5 Å². The molecule has 2 nitrogen and oxygen atoms in total. The lowest BCUT2D eigenvalue weighted by Gasteiger charge is -2.43. The molecule has 0 radical (unpaired) electrons. The number of hydrogen-bond donors (Lipinski definition) is 1. The summed E-state index contributed by atoms with van der Waals surface area (Å²) in [5.74, 6) is 0. The highest BCUT2D eigenvalue weighted by Gasteiger charge is 2.38. The standard InChI is InChI=1S/C9H18N2.C2H6/c1-11-7-6-10-8-9(11)4-2-3-5-9;1-2/h10H,2-8H2,1H3;1-2H3. The molecule has 1 aliphatic carbocycles. The molecule has 0 aromatic heterocycles. The number of piperazine rings is 1. The number of likely N-dealkylation sites (N-methyl/N-ethyl adjacent to an activating group) is 1. The predicted octanol–water partition coefficient (Wildman–Crippen LogP) is 1.86. The SMILES string of the molecule is CC.CN1CCNCC12CCCC2. The van der Waals surface area contributed by atoms with Gasteiger partial charge in [0.1, 0.15) is 0 Å². The Morgan fingerprint density at radius 3 is 2.31 bits per heavy atom. The summed E-state index contributed by atoms with van der Waals surface area (Å²) >= 11 is 0. The van der Waals surface area contributed by atoms with Gasteiger partial charge in [0.25, 0.3) is 0 Å². The van der Waals surface area contributed by atoms with Crippen molar-refractivity contribution in [1.29, 1.82) is 0 Å². The van der Waals surface area contributed by atoms with E-state index in [9.17, 15) is 0 Å². The van der Waals surface area contributed by atoms with E-state index in [1.807, 2.05) is 13.8 Å². The van der Waals surface area contributed by atoms with E-state index in [1.165, 1.54) is 45.3 Å². The van der Waals surface area contributed by atoms with Crippen LogP contribution < -0.4 is 5.32 Å². The largest absolute Gasteiger partial charge is 0.314 e. The third-order valence-corrected chi connectivity index (χ3v) is 3.42. The minimum absolute atomic E-state index is 0.554. The van der Waals surface area contributed by atoms with Gasteiger partial charge in [-0.25, -0.2) is 0 Å². The minimum Gasteiger partial charge on any atom is -0.314 e. The number of nitrogens with zero attached hydrogens (tertiary/aromatic N) is 1. The zero-order valence-electron chi connectivity index (χ0n) is 9.40. The van der Waals surface area contributed by atoms with E-state index in [0.717, 1.165) is 0 Å². The first kappa shape index (κ1) is 11.0. The van der Waals surface area contributed by atoms with Gasteiger partial charge >= 0.3 is 0 Å². The van der Waals surface area contributed by atoms with Crippen molar-refractivity contribution in [3.63, 3.8) is 0 Å². The van der Waals surface area contributed by atoms with Gasteiger partial charge in [-0.1, -0.05) is 26.7 Å². The Bertz CT molecular complexity index is 139. The van der Waals surface area contributed by atoms with Crippen molar-refractivity contribution in [1.82, 2.24) is 10.2 Å². The summed E-state index contributed by atoms with van der Waals surface area (Å²) in [6.45, 7) is 7.64. The quantitative estimate of drug-likeness (QED) is 0.618. The van der Waals surface area contributed by atoms with Crippen LogP contribution in [0.25, 0.3) is 0 Å². The van der Waals surface area contributed by atoms with Crippen LogP contribution >= 0.6 is 0 Å². The zero-order chi connectivity index (χ0) is 9.73. The Morgan fingerprint density at radius 2 is 1.77 bits per heavy atom. The fraction of sp³-hybridized carbons (Fsp3) is 1.00. The van der Waals surface area contributed by atoms with Crippen LogP contribution in [0.3, 0.4) is 0 Å². The molecular formula is C11H24N2. The van der Waals surface area contributed by atoms with Gasteiger partial charge in [0.05, 0.1) is 0 Å². The first-order chi connectivity index (χ1) is 6.33. The molecule has 1 saturated carbocycles. The van der Waals surface area contributed by atoms with Crippen molar-refractivity contribution in [3.05, 3.63) is 0 Å². The molecular weight excluding hydrogens is 160 g/mol. The smallest absolute Gasteiger partial charge is 0.0331 e. The Kier molecular flexibility index (Phi) is 4.20. The molecule has 1 saturated heterocycles. The van der Waals surface area contributed by atoms with E-state index >= 15 is 0 Å². The van der Waals surface area contributed by atoms with Crippen molar-refractivity contribution in [2.75, 3.05) is 26.7 Å². The molecule has 0 atom stereocenters. The molecule has 0 unspecified atom stereocenters. The second kappa shape index (κ2) is 4.97. The maximum absolute atomic E-state index is 3.51. The summed E-state index contributed by atoms with van der Waals surface area (Å²) in [5.41, 5.74) is 0.554. The first-order valence-corrected chi connectivity index (χ1v) is 5.75. The molecule has 1 aliphatic heterocycles. The van der Waals surface area contributed by atoms with E-state index in [0.29, 0.717) is 5.54 Å². The van der Waals surface area contributed by atoms with Gasteiger partial charge in [-0.2, -0.15) is 0 Å². The average Bonchev–Trinajstić information content (AvgIpc) is 2.64. The summed E-state index contributed by atoms with van der Waals surface area (Å²) < 4.78 is 0. The maximum atomic E-state index is 3.51. The summed E-state index contributed by atoms with van der Waals surface area (Å²) in [7, 11) is 2.28. The number of rotatable bonds is 0. The number of hydrogen-bond acceptors (Lipinski definition) is 2. The molecule has 2 aliphatic rings. The van der Waals surface area contributed by atoms with E-state index < -0.39 is 0 Å². The topological polar surface area (TPSA) is 15.3 Å². The molecule has 2 heteroatoms. The molecule has 1 spiro atoms. The fourth-order valence-corrected chi connectivity index (χ4v) is 2.53. The van der Waals surface area contributed by atoms with Crippen LogP contribution in [0.4, 0.5) is 0 Å². The van der Waals surface area contributed by atoms with Crippen LogP contribution in [-0.2, 0) is 0 Å². The van der Waals surface area contributed by atoms with E-state index in [1.54, 1.807) is 0 Å². The minimum atomic E-state index is 0.554. The molecule has 13 heavy (non-hydrogen) atoms. The second-order valence-corrected chi connectivity index (χ2v) is 4.03. The summed E-state index contributed by atoms with van der Waals surface area (Å²) in [6, 6.07) is 0. The van der Waals surface area contributed by atoms with Crippen LogP contribution in [0.15, 0.2) is 0 Å². The highest BCUT2D eigenvalue weighted by atomic mass is 15.2. The lowest BCUT2D eigenvalue weighted by Crippen LogP contribution is -2.58. The van der Waals surface area contributed by atoms with Gasteiger partial charge < -0.3 is 5.32 Å². The molecule has 0 amide bonds. The highest BCUT2D eigenvalue weighted by molar-refractivity contribution is 4.97. The van der Waals surface area contributed by atoms with Crippen molar-refractivity contribution in [3.8, 4) is 0 Å². The van der Waals surface area contributed by atoms with Crippen LogP contribution in [0, 0.1) is 0 Å². The molecule has 2 rings (SSSR count). The fourth-order valence-electron chi connectivity index (χ4n) is 2.53. The molecule has 0 aromatic rings. The van der Waals surface area contributed by atoms with Gasteiger partial charge in [0.2, 0.25) is 0 Å². The Labute approximate surface area is 82.7 Å². The van der Waals surface area contributed by atoms with Gasteiger partial charge in [0.15, 0.2) is 0 Å². The molecule has 0 bridgehead atoms. The lowest BCUT2D eigenvalue weighted by atomic mass is 9.94. The van der Waals surface area contributed by atoms with Gasteiger partial charge in [-0.3, -0.25) is 4.90 Å². The average molecular weight is 184 g/mol. The van der Waals surface area contributed by atoms with Crippen LogP contribution in [-0.4, -0.2) is 37.1 Å². The lowest BCUT2D eigenvalue weighted by molar-refractivity contribution is 0.0938. The number of nitrogens with one attached hydrogen (secondary N) is 1. The molecule has 1 N–H and O–H groups in total. The predicted molar refractivity (Wildman–Crippen MR) is 58.0 cm³/mol. The Hall–Kier alpha value is -0.0800. The molecule has 1 heterocycles. The molecule has 78 valence electrons. The summed E-state index contributed by atoms with van der Waals surface area (Å²) in [5, 5.41) is 3.51. The van der Waals surface area contributed by atoms with Gasteiger partial charge in [0, 0.05) is 25.2 Å². The van der Waals surface area contributed by atoms with Crippen molar-refractivity contribution in [2.24, 2.45) is 0 Å². The third-order valence-electron chi connectivity index (χ3n) is 3.42. The molecule has 0 aromatic carbocycles. The van der Waals surface area contributed by atoms with Gasteiger partial charge in [-0.05, 0) is 19.9 Å². The van der Waals surface area contributed by atoms with E-state index in [4.69, 9.17) is 0 Å². The highest BCUT2D eigenvalue weighted by Crippen LogP contribution is 2.34. The Morgan fingerprint density at radius 1 is 1.15 bits per heavy atom. The summed E-state index contributed by atoms with van der Waals surface area (Å²) in [6.07, 6.45) is 5.70.